The smallest absolute Gasteiger partial charge is 0.244 e. The number of piperidine rings is 1. The van der Waals surface area contributed by atoms with Crippen molar-refractivity contribution in [3.63, 3.8) is 0 Å². The predicted octanol–water partition coefficient (Wildman–Crippen LogP) is 2.05. The van der Waals surface area contributed by atoms with E-state index in [1.807, 2.05) is 31.3 Å². The highest BCUT2D eigenvalue weighted by Crippen LogP contribution is 2.28. The zero-order chi connectivity index (χ0) is 11.5. The molecule has 0 saturated carbocycles. The van der Waals surface area contributed by atoms with Gasteiger partial charge in [-0.2, -0.15) is 0 Å². The Hall–Kier alpha value is -1.06. The van der Waals surface area contributed by atoms with Crippen LogP contribution in [0.3, 0.4) is 0 Å². The molecule has 0 spiro atoms. The van der Waals surface area contributed by atoms with Crippen molar-refractivity contribution >= 4 is 23.2 Å². The number of benzene rings is 1. The Morgan fingerprint density at radius 2 is 2.19 bits per heavy atom. The van der Waals surface area contributed by atoms with Crippen molar-refractivity contribution in [2.24, 2.45) is 0 Å². The second-order valence-corrected chi connectivity index (χ2v) is 4.33. The lowest BCUT2D eigenvalue weighted by Gasteiger charge is -2.32. The van der Waals surface area contributed by atoms with Crippen LogP contribution in [-0.2, 0) is 4.79 Å². The van der Waals surface area contributed by atoms with E-state index in [4.69, 9.17) is 11.6 Å². The number of hydrogen-bond donors (Lipinski definition) is 1. The van der Waals surface area contributed by atoms with Crippen molar-refractivity contribution < 1.29 is 4.79 Å². The molecule has 0 aromatic heterocycles. The number of carbonyl (C=O) groups excluding carboxylic acids is 1. The van der Waals surface area contributed by atoms with Crippen molar-refractivity contribution in [3.05, 3.63) is 29.3 Å². The van der Waals surface area contributed by atoms with E-state index in [0.29, 0.717) is 5.02 Å². The summed E-state index contributed by atoms with van der Waals surface area (Å²) in [7, 11) is 1.82. The van der Waals surface area contributed by atoms with Crippen molar-refractivity contribution in [3.8, 4) is 0 Å². The van der Waals surface area contributed by atoms with Crippen molar-refractivity contribution in [1.29, 1.82) is 0 Å². The van der Waals surface area contributed by atoms with Crippen LogP contribution < -0.4 is 10.2 Å². The van der Waals surface area contributed by atoms with Crippen LogP contribution in [0.5, 0.6) is 0 Å². The lowest BCUT2D eigenvalue weighted by atomic mass is 10.0. The summed E-state index contributed by atoms with van der Waals surface area (Å²) in [4.78, 5) is 13.9. The van der Waals surface area contributed by atoms with Gasteiger partial charge in [-0.25, -0.2) is 0 Å². The van der Waals surface area contributed by atoms with Crippen LogP contribution in [0.1, 0.15) is 12.8 Å². The van der Waals surface area contributed by atoms with E-state index >= 15 is 0 Å². The average molecular weight is 239 g/mol. The molecule has 1 saturated heterocycles. The van der Waals surface area contributed by atoms with Crippen LogP contribution in [0.2, 0.25) is 5.02 Å². The third kappa shape index (κ3) is 2.06. The summed E-state index contributed by atoms with van der Waals surface area (Å²) in [6.45, 7) is 0.751. The van der Waals surface area contributed by atoms with Gasteiger partial charge in [-0.15, -0.1) is 0 Å². The largest absolute Gasteiger partial charge is 0.310 e. The maximum absolute atomic E-state index is 12.1. The molecule has 1 N–H and O–H groups in total. The fraction of sp³-hybridized carbons (Fsp3) is 0.417. The summed E-state index contributed by atoms with van der Waals surface area (Å²) >= 11 is 6.10. The molecule has 1 aliphatic heterocycles. The second kappa shape index (κ2) is 4.85. The van der Waals surface area contributed by atoms with Crippen LogP contribution in [-0.4, -0.2) is 25.5 Å². The molecule has 0 aliphatic carbocycles. The SMILES string of the molecule is CNC1CCCN(c2ccccc2Cl)C1=O. The first kappa shape index (κ1) is 11.4. The molecule has 1 fully saturated rings. The van der Waals surface area contributed by atoms with Gasteiger partial charge in [0, 0.05) is 6.54 Å². The lowest BCUT2D eigenvalue weighted by Crippen LogP contribution is -2.49. The Labute approximate surface area is 100 Å². The van der Waals surface area contributed by atoms with Gasteiger partial charge in [0.25, 0.3) is 0 Å². The van der Waals surface area contributed by atoms with E-state index in [-0.39, 0.29) is 11.9 Å². The molecule has 4 heteroatoms. The number of hydrogen-bond acceptors (Lipinski definition) is 2. The van der Waals surface area contributed by atoms with Gasteiger partial charge in [-0.3, -0.25) is 4.79 Å². The van der Waals surface area contributed by atoms with E-state index in [2.05, 4.69) is 5.32 Å². The number of halogens is 1. The van der Waals surface area contributed by atoms with Crippen LogP contribution >= 0.6 is 11.6 Å². The van der Waals surface area contributed by atoms with Crippen LogP contribution in [0.25, 0.3) is 0 Å². The predicted molar refractivity (Wildman–Crippen MR) is 65.9 cm³/mol. The van der Waals surface area contributed by atoms with Gasteiger partial charge < -0.3 is 10.2 Å². The zero-order valence-electron chi connectivity index (χ0n) is 9.24. The number of rotatable bonds is 2. The minimum absolute atomic E-state index is 0.0787. The summed E-state index contributed by atoms with van der Waals surface area (Å²) in [5.74, 6) is 0.113. The summed E-state index contributed by atoms with van der Waals surface area (Å²) in [6, 6.07) is 7.39. The molecule has 2 rings (SSSR count). The molecule has 16 heavy (non-hydrogen) atoms. The number of amides is 1. The van der Waals surface area contributed by atoms with Crippen LogP contribution in [0.4, 0.5) is 5.69 Å². The van der Waals surface area contributed by atoms with E-state index in [0.717, 1.165) is 25.1 Å². The first-order valence-electron chi connectivity index (χ1n) is 5.47. The summed E-state index contributed by atoms with van der Waals surface area (Å²) in [6.07, 6.45) is 1.90. The number of nitrogens with zero attached hydrogens (tertiary/aromatic N) is 1. The van der Waals surface area contributed by atoms with Crippen LogP contribution in [0, 0.1) is 0 Å². The summed E-state index contributed by atoms with van der Waals surface area (Å²) < 4.78 is 0. The number of nitrogens with one attached hydrogen (secondary N) is 1. The Morgan fingerprint density at radius 3 is 2.88 bits per heavy atom. The molecule has 1 heterocycles. The highest BCUT2D eigenvalue weighted by Gasteiger charge is 2.29. The van der Waals surface area contributed by atoms with E-state index in [1.54, 1.807) is 4.90 Å². The quantitative estimate of drug-likeness (QED) is 0.856. The highest BCUT2D eigenvalue weighted by molar-refractivity contribution is 6.33. The number of para-hydroxylation sites is 1. The molecule has 1 amide bonds. The molecule has 1 unspecified atom stereocenters. The number of anilines is 1. The van der Waals surface area contributed by atoms with Gasteiger partial charge in [0.15, 0.2) is 0 Å². The highest BCUT2D eigenvalue weighted by atomic mass is 35.5. The fourth-order valence-corrected chi connectivity index (χ4v) is 2.29. The van der Waals surface area contributed by atoms with Crippen molar-refractivity contribution in [1.82, 2.24) is 5.32 Å². The lowest BCUT2D eigenvalue weighted by molar-refractivity contribution is -0.121. The Morgan fingerprint density at radius 1 is 1.44 bits per heavy atom. The maximum Gasteiger partial charge on any atom is 0.244 e. The normalized spacial score (nSPS) is 21.2. The molecule has 3 nitrogen and oxygen atoms in total. The van der Waals surface area contributed by atoms with Gasteiger partial charge in [0.2, 0.25) is 5.91 Å². The number of carbonyl (C=O) groups is 1. The summed E-state index contributed by atoms with van der Waals surface area (Å²) in [5, 5.41) is 3.67. The third-order valence-corrected chi connectivity index (χ3v) is 3.25. The molecule has 1 aliphatic rings. The Kier molecular flexibility index (Phi) is 3.46. The van der Waals surface area contributed by atoms with Crippen molar-refractivity contribution in [2.75, 3.05) is 18.5 Å². The van der Waals surface area contributed by atoms with Crippen LogP contribution in [0.15, 0.2) is 24.3 Å². The maximum atomic E-state index is 12.1. The van der Waals surface area contributed by atoms with Gasteiger partial charge in [-0.1, -0.05) is 23.7 Å². The molecule has 0 bridgehead atoms. The first-order valence-corrected chi connectivity index (χ1v) is 5.85. The second-order valence-electron chi connectivity index (χ2n) is 3.92. The molecule has 86 valence electrons. The molecular weight excluding hydrogens is 224 g/mol. The van der Waals surface area contributed by atoms with Gasteiger partial charge in [-0.05, 0) is 32.0 Å². The Balaban J connectivity index is 2.27. The Bertz CT molecular complexity index is 394. The summed E-state index contributed by atoms with van der Waals surface area (Å²) in [5.41, 5.74) is 0.814. The van der Waals surface area contributed by atoms with E-state index in [1.165, 1.54) is 0 Å². The van der Waals surface area contributed by atoms with Gasteiger partial charge >= 0.3 is 0 Å². The van der Waals surface area contributed by atoms with E-state index < -0.39 is 0 Å². The monoisotopic (exact) mass is 238 g/mol. The van der Waals surface area contributed by atoms with E-state index in [9.17, 15) is 4.79 Å². The van der Waals surface area contributed by atoms with Crippen molar-refractivity contribution in [2.45, 2.75) is 18.9 Å². The molecule has 1 aromatic rings. The third-order valence-electron chi connectivity index (χ3n) is 2.93. The minimum atomic E-state index is -0.0787. The first-order chi connectivity index (χ1) is 7.74. The minimum Gasteiger partial charge on any atom is -0.310 e. The number of likely N-dealkylation sites (N-methyl/N-ethyl adjacent to an activating group) is 1. The molecule has 0 radical (unpaired) electrons. The zero-order valence-corrected chi connectivity index (χ0v) is 10.00. The average Bonchev–Trinajstić information content (AvgIpc) is 2.31. The topological polar surface area (TPSA) is 32.3 Å². The molecular formula is C12H15ClN2O. The standard InChI is InChI=1S/C12H15ClN2O/c1-14-10-6-4-8-15(12(10)16)11-7-3-2-5-9(11)13/h2-3,5,7,10,14H,4,6,8H2,1H3. The van der Waals surface area contributed by atoms with Gasteiger partial charge in [0.1, 0.15) is 0 Å². The van der Waals surface area contributed by atoms with Gasteiger partial charge in [0.05, 0.1) is 16.8 Å². The molecule has 1 atom stereocenters. The molecule has 1 aromatic carbocycles. The fourth-order valence-electron chi connectivity index (χ4n) is 2.05.